The van der Waals surface area contributed by atoms with Crippen LogP contribution in [0.1, 0.15) is 51.5 Å². The number of hydrogen-bond donors (Lipinski definition) is 1. The van der Waals surface area contributed by atoms with Gasteiger partial charge in [-0.2, -0.15) is 0 Å². The van der Waals surface area contributed by atoms with E-state index in [9.17, 15) is 9.90 Å². The molecule has 0 saturated heterocycles. The van der Waals surface area contributed by atoms with Crippen molar-refractivity contribution in [3.63, 3.8) is 0 Å². The second-order valence-corrected chi connectivity index (χ2v) is 5.06. The van der Waals surface area contributed by atoms with Gasteiger partial charge in [-0.05, 0) is 24.8 Å². The molecule has 0 amide bonds. The standard InChI is InChI=1S/C17H24O2/c1-3-5-13-17(4-2,16(18)19)14-9-12-15-10-7-6-8-11-15/h6-12H,3-5,13-14H2,1-2H3,(H,18,19). The lowest BCUT2D eigenvalue weighted by molar-refractivity contribution is -0.149. The Balaban J connectivity index is 2.72. The third-order valence-corrected chi connectivity index (χ3v) is 3.76. The van der Waals surface area contributed by atoms with E-state index < -0.39 is 11.4 Å². The second kappa shape index (κ2) is 7.78. The van der Waals surface area contributed by atoms with Crippen molar-refractivity contribution in [2.75, 3.05) is 0 Å². The van der Waals surface area contributed by atoms with Gasteiger partial charge in [-0.25, -0.2) is 0 Å². The van der Waals surface area contributed by atoms with Gasteiger partial charge in [0.2, 0.25) is 0 Å². The predicted molar refractivity (Wildman–Crippen MR) is 80.0 cm³/mol. The Bertz CT molecular complexity index is 409. The van der Waals surface area contributed by atoms with E-state index in [0.717, 1.165) is 24.8 Å². The third kappa shape index (κ3) is 4.55. The van der Waals surface area contributed by atoms with Gasteiger partial charge in [-0.1, -0.05) is 69.2 Å². The highest BCUT2D eigenvalue weighted by atomic mass is 16.4. The van der Waals surface area contributed by atoms with Gasteiger partial charge in [-0.3, -0.25) is 4.79 Å². The van der Waals surface area contributed by atoms with Crippen molar-refractivity contribution in [3.05, 3.63) is 42.0 Å². The fraction of sp³-hybridized carbons (Fsp3) is 0.471. The van der Waals surface area contributed by atoms with Crippen LogP contribution < -0.4 is 0 Å². The van der Waals surface area contributed by atoms with E-state index in [1.54, 1.807) is 0 Å². The normalized spacial score (nSPS) is 14.4. The average Bonchev–Trinajstić information content (AvgIpc) is 2.43. The van der Waals surface area contributed by atoms with E-state index in [1.807, 2.05) is 49.4 Å². The molecule has 104 valence electrons. The molecular formula is C17H24O2. The van der Waals surface area contributed by atoms with Crippen LogP contribution in [0.4, 0.5) is 0 Å². The molecule has 0 aliphatic rings. The topological polar surface area (TPSA) is 37.3 Å². The Labute approximate surface area is 116 Å². The molecule has 1 aromatic carbocycles. The molecule has 1 unspecified atom stereocenters. The number of carbonyl (C=O) groups is 1. The molecule has 1 aromatic rings. The van der Waals surface area contributed by atoms with Crippen molar-refractivity contribution < 1.29 is 9.90 Å². The molecule has 0 heterocycles. The summed E-state index contributed by atoms with van der Waals surface area (Å²) >= 11 is 0. The minimum atomic E-state index is -0.666. The highest BCUT2D eigenvalue weighted by molar-refractivity contribution is 5.75. The fourth-order valence-corrected chi connectivity index (χ4v) is 2.27. The Hall–Kier alpha value is -1.57. The van der Waals surface area contributed by atoms with Crippen molar-refractivity contribution in [1.29, 1.82) is 0 Å². The molecule has 0 aromatic heterocycles. The van der Waals surface area contributed by atoms with Gasteiger partial charge >= 0.3 is 5.97 Å². The van der Waals surface area contributed by atoms with E-state index in [2.05, 4.69) is 6.92 Å². The molecule has 19 heavy (non-hydrogen) atoms. The molecule has 0 aliphatic heterocycles. The van der Waals surface area contributed by atoms with Crippen LogP contribution in [-0.2, 0) is 4.79 Å². The highest BCUT2D eigenvalue weighted by Crippen LogP contribution is 2.34. The van der Waals surface area contributed by atoms with Crippen molar-refractivity contribution >= 4 is 12.0 Å². The molecule has 2 nitrogen and oxygen atoms in total. The van der Waals surface area contributed by atoms with Gasteiger partial charge < -0.3 is 5.11 Å². The summed E-state index contributed by atoms with van der Waals surface area (Å²) in [6.07, 6.45) is 8.07. The summed E-state index contributed by atoms with van der Waals surface area (Å²) in [5.74, 6) is -0.666. The van der Waals surface area contributed by atoms with Crippen molar-refractivity contribution in [2.45, 2.75) is 46.0 Å². The van der Waals surface area contributed by atoms with Crippen LogP contribution in [0.15, 0.2) is 36.4 Å². The number of hydrogen-bond acceptors (Lipinski definition) is 1. The molecule has 2 heteroatoms. The predicted octanol–water partition coefficient (Wildman–Crippen LogP) is 4.76. The minimum Gasteiger partial charge on any atom is -0.481 e. The van der Waals surface area contributed by atoms with Gasteiger partial charge in [0, 0.05) is 0 Å². The summed E-state index contributed by atoms with van der Waals surface area (Å²) in [5, 5.41) is 9.51. The Morgan fingerprint density at radius 2 is 1.95 bits per heavy atom. The van der Waals surface area contributed by atoms with Gasteiger partial charge in [0.1, 0.15) is 0 Å². The summed E-state index contributed by atoms with van der Waals surface area (Å²) in [5.41, 5.74) is 0.523. The number of carboxylic acids is 1. The first-order valence-electron chi connectivity index (χ1n) is 7.09. The van der Waals surface area contributed by atoms with Gasteiger partial charge in [0.15, 0.2) is 0 Å². The number of rotatable bonds is 8. The number of unbranched alkanes of at least 4 members (excludes halogenated alkanes) is 1. The fourth-order valence-electron chi connectivity index (χ4n) is 2.27. The lowest BCUT2D eigenvalue weighted by atomic mass is 9.77. The van der Waals surface area contributed by atoms with Crippen LogP contribution in [0.5, 0.6) is 0 Å². The SMILES string of the molecule is CCCCC(CC)(CC=Cc1ccccc1)C(=O)O. The molecule has 1 N–H and O–H groups in total. The molecule has 0 spiro atoms. The quantitative estimate of drug-likeness (QED) is 0.731. The maximum atomic E-state index is 11.6. The van der Waals surface area contributed by atoms with Crippen LogP contribution in [0, 0.1) is 5.41 Å². The van der Waals surface area contributed by atoms with Gasteiger partial charge in [-0.15, -0.1) is 0 Å². The highest BCUT2D eigenvalue weighted by Gasteiger charge is 2.34. The summed E-state index contributed by atoms with van der Waals surface area (Å²) < 4.78 is 0. The molecular weight excluding hydrogens is 236 g/mol. The van der Waals surface area contributed by atoms with Gasteiger partial charge in [0.25, 0.3) is 0 Å². The monoisotopic (exact) mass is 260 g/mol. The Morgan fingerprint density at radius 1 is 1.26 bits per heavy atom. The van der Waals surface area contributed by atoms with E-state index in [4.69, 9.17) is 0 Å². The second-order valence-electron chi connectivity index (χ2n) is 5.06. The average molecular weight is 260 g/mol. The number of benzene rings is 1. The van der Waals surface area contributed by atoms with Crippen molar-refractivity contribution in [1.82, 2.24) is 0 Å². The summed E-state index contributed by atoms with van der Waals surface area (Å²) in [6.45, 7) is 4.07. The summed E-state index contributed by atoms with van der Waals surface area (Å²) in [4.78, 5) is 11.6. The lowest BCUT2D eigenvalue weighted by Crippen LogP contribution is -2.29. The first kappa shape index (κ1) is 15.5. The Morgan fingerprint density at radius 3 is 2.47 bits per heavy atom. The molecule has 1 atom stereocenters. The summed E-state index contributed by atoms with van der Waals surface area (Å²) in [7, 11) is 0. The molecule has 0 saturated carbocycles. The molecule has 0 radical (unpaired) electrons. The van der Waals surface area contributed by atoms with Crippen LogP contribution in [0.2, 0.25) is 0 Å². The zero-order valence-corrected chi connectivity index (χ0v) is 11.9. The van der Waals surface area contributed by atoms with E-state index in [-0.39, 0.29) is 0 Å². The number of allylic oxidation sites excluding steroid dienone is 1. The smallest absolute Gasteiger partial charge is 0.309 e. The molecule has 1 rings (SSSR count). The van der Waals surface area contributed by atoms with E-state index >= 15 is 0 Å². The third-order valence-electron chi connectivity index (χ3n) is 3.76. The van der Waals surface area contributed by atoms with Crippen molar-refractivity contribution in [3.8, 4) is 0 Å². The maximum Gasteiger partial charge on any atom is 0.309 e. The summed E-state index contributed by atoms with van der Waals surface area (Å²) in [6, 6.07) is 10.0. The first-order chi connectivity index (χ1) is 9.14. The van der Waals surface area contributed by atoms with Crippen LogP contribution in [-0.4, -0.2) is 11.1 Å². The zero-order chi connectivity index (χ0) is 14.1. The number of aliphatic carboxylic acids is 1. The van der Waals surface area contributed by atoms with E-state index in [1.165, 1.54) is 0 Å². The zero-order valence-electron chi connectivity index (χ0n) is 11.9. The largest absolute Gasteiger partial charge is 0.481 e. The van der Waals surface area contributed by atoms with Crippen LogP contribution >= 0.6 is 0 Å². The first-order valence-corrected chi connectivity index (χ1v) is 7.09. The van der Waals surface area contributed by atoms with E-state index in [0.29, 0.717) is 12.8 Å². The number of carboxylic acid groups (broad SMARTS) is 1. The lowest BCUT2D eigenvalue weighted by Gasteiger charge is -2.26. The molecule has 0 bridgehead atoms. The van der Waals surface area contributed by atoms with Crippen LogP contribution in [0.3, 0.4) is 0 Å². The van der Waals surface area contributed by atoms with Gasteiger partial charge in [0.05, 0.1) is 5.41 Å². The molecule has 0 fully saturated rings. The molecule has 0 aliphatic carbocycles. The van der Waals surface area contributed by atoms with Crippen molar-refractivity contribution in [2.24, 2.45) is 5.41 Å². The maximum absolute atomic E-state index is 11.6. The van der Waals surface area contributed by atoms with Crippen LogP contribution in [0.25, 0.3) is 6.08 Å². The Kier molecular flexibility index (Phi) is 6.34. The minimum absolute atomic E-state index is 0.596.